The average Bonchev–Trinajstić information content (AvgIpc) is 2.98. The molecule has 1 amide bonds. The minimum absolute atomic E-state index is 0.0754. The number of para-hydroxylation sites is 2. The number of ether oxygens (including phenoxy) is 2. The summed E-state index contributed by atoms with van der Waals surface area (Å²) in [5.41, 5.74) is 3.54. The standard InChI is InChI=1S/C14H18N2O3S/c1-2-18-12-5-3-4-6-13(12)19-9-14(17)16-15-11-7-8-20-10-11/h3-6H,2,7-10H2,1H3,(H,16,17)/b15-11+. The minimum atomic E-state index is -0.263. The molecule has 1 aliphatic heterocycles. The lowest BCUT2D eigenvalue weighted by Crippen LogP contribution is -2.26. The first-order chi connectivity index (χ1) is 9.79. The topological polar surface area (TPSA) is 59.9 Å². The molecule has 6 heteroatoms. The lowest BCUT2D eigenvalue weighted by molar-refractivity contribution is -0.123. The third-order valence-electron chi connectivity index (χ3n) is 2.65. The van der Waals surface area contributed by atoms with Crippen molar-refractivity contribution in [2.75, 3.05) is 24.7 Å². The normalized spacial score (nSPS) is 16.1. The molecule has 1 fully saturated rings. The second-order valence-electron chi connectivity index (χ2n) is 4.18. The van der Waals surface area contributed by atoms with Gasteiger partial charge in [0.1, 0.15) is 0 Å². The Bertz CT molecular complexity index is 483. The lowest BCUT2D eigenvalue weighted by Gasteiger charge is -2.10. The first-order valence-corrected chi connectivity index (χ1v) is 7.71. The molecular formula is C14H18N2O3S. The molecule has 108 valence electrons. The van der Waals surface area contributed by atoms with Crippen molar-refractivity contribution in [3.05, 3.63) is 24.3 Å². The molecule has 0 aromatic heterocycles. The van der Waals surface area contributed by atoms with E-state index >= 15 is 0 Å². The zero-order valence-corrected chi connectivity index (χ0v) is 12.2. The number of benzene rings is 1. The molecule has 0 atom stereocenters. The zero-order valence-electron chi connectivity index (χ0n) is 11.4. The summed E-state index contributed by atoms with van der Waals surface area (Å²) in [4.78, 5) is 11.7. The molecule has 1 saturated heterocycles. The number of nitrogens with one attached hydrogen (secondary N) is 1. The average molecular weight is 294 g/mol. The van der Waals surface area contributed by atoms with Crippen LogP contribution in [0.25, 0.3) is 0 Å². The summed E-state index contributed by atoms with van der Waals surface area (Å²) < 4.78 is 10.9. The van der Waals surface area contributed by atoms with Crippen molar-refractivity contribution in [1.29, 1.82) is 0 Å². The van der Waals surface area contributed by atoms with E-state index in [-0.39, 0.29) is 12.5 Å². The second kappa shape index (κ2) is 7.79. The number of rotatable bonds is 6. The minimum Gasteiger partial charge on any atom is -0.490 e. The van der Waals surface area contributed by atoms with E-state index in [1.165, 1.54) is 0 Å². The molecule has 1 N–H and O–H groups in total. The van der Waals surface area contributed by atoms with Crippen LogP contribution in [0.15, 0.2) is 29.4 Å². The number of hydrazone groups is 1. The van der Waals surface area contributed by atoms with Gasteiger partial charge in [-0.2, -0.15) is 16.9 Å². The summed E-state index contributed by atoms with van der Waals surface area (Å²) in [5, 5.41) is 4.08. The SMILES string of the molecule is CCOc1ccccc1OCC(=O)N/N=C1\CCSC1. The van der Waals surface area contributed by atoms with Crippen LogP contribution in [0.2, 0.25) is 0 Å². The highest BCUT2D eigenvalue weighted by molar-refractivity contribution is 8.00. The molecule has 20 heavy (non-hydrogen) atoms. The van der Waals surface area contributed by atoms with Crippen molar-refractivity contribution in [3.63, 3.8) is 0 Å². The van der Waals surface area contributed by atoms with Crippen LogP contribution in [0.5, 0.6) is 11.5 Å². The van der Waals surface area contributed by atoms with E-state index < -0.39 is 0 Å². The van der Waals surface area contributed by atoms with Gasteiger partial charge < -0.3 is 9.47 Å². The lowest BCUT2D eigenvalue weighted by atomic mass is 10.3. The number of nitrogens with zero attached hydrogens (tertiary/aromatic N) is 1. The van der Waals surface area contributed by atoms with Crippen molar-refractivity contribution in [2.45, 2.75) is 13.3 Å². The molecule has 1 aromatic rings. The maximum atomic E-state index is 11.7. The van der Waals surface area contributed by atoms with Crippen molar-refractivity contribution in [1.82, 2.24) is 5.43 Å². The maximum absolute atomic E-state index is 11.7. The fraction of sp³-hybridized carbons (Fsp3) is 0.429. The zero-order chi connectivity index (χ0) is 14.2. The summed E-state index contributed by atoms with van der Waals surface area (Å²) in [6, 6.07) is 7.29. The van der Waals surface area contributed by atoms with E-state index in [1.54, 1.807) is 6.07 Å². The first kappa shape index (κ1) is 14.7. The molecule has 0 saturated carbocycles. The molecule has 1 heterocycles. The quantitative estimate of drug-likeness (QED) is 0.816. The molecule has 1 aromatic carbocycles. The van der Waals surface area contributed by atoms with Gasteiger partial charge in [-0.15, -0.1) is 0 Å². The summed E-state index contributed by atoms with van der Waals surface area (Å²) in [5.74, 6) is 2.91. The number of amides is 1. The number of carbonyl (C=O) groups is 1. The molecule has 0 spiro atoms. The highest BCUT2D eigenvalue weighted by Gasteiger charge is 2.10. The van der Waals surface area contributed by atoms with Gasteiger partial charge in [0.05, 0.1) is 6.61 Å². The highest BCUT2D eigenvalue weighted by Crippen LogP contribution is 2.26. The van der Waals surface area contributed by atoms with Crippen LogP contribution in [-0.4, -0.2) is 36.3 Å². The Balaban J connectivity index is 1.82. The van der Waals surface area contributed by atoms with Crippen molar-refractivity contribution < 1.29 is 14.3 Å². The Labute approximate surface area is 122 Å². The van der Waals surface area contributed by atoms with E-state index in [4.69, 9.17) is 9.47 Å². The maximum Gasteiger partial charge on any atom is 0.277 e. The van der Waals surface area contributed by atoms with Crippen LogP contribution < -0.4 is 14.9 Å². The van der Waals surface area contributed by atoms with Crippen molar-refractivity contribution in [2.24, 2.45) is 5.10 Å². The van der Waals surface area contributed by atoms with Crippen LogP contribution >= 0.6 is 11.8 Å². The molecule has 0 aliphatic carbocycles. The van der Waals surface area contributed by atoms with Crippen LogP contribution in [0, 0.1) is 0 Å². The Hall–Kier alpha value is -1.69. The largest absolute Gasteiger partial charge is 0.490 e. The third kappa shape index (κ3) is 4.45. The van der Waals surface area contributed by atoms with E-state index in [0.29, 0.717) is 18.1 Å². The Morgan fingerprint density at radius 2 is 2.10 bits per heavy atom. The van der Waals surface area contributed by atoms with Crippen LogP contribution in [0.3, 0.4) is 0 Å². The van der Waals surface area contributed by atoms with Gasteiger partial charge in [-0.05, 0) is 31.2 Å². The molecule has 2 rings (SSSR count). The fourth-order valence-corrected chi connectivity index (χ4v) is 2.67. The van der Waals surface area contributed by atoms with Crippen LogP contribution in [-0.2, 0) is 4.79 Å². The highest BCUT2D eigenvalue weighted by atomic mass is 32.2. The van der Waals surface area contributed by atoms with Gasteiger partial charge >= 0.3 is 0 Å². The van der Waals surface area contributed by atoms with E-state index in [9.17, 15) is 4.79 Å². The first-order valence-electron chi connectivity index (χ1n) is 6.56. The molecule has 0 bridgehead atoms. The fourth-order valence-electron chi connectivity index (χ4n) is 1.70. The van der Waals surface area contributed by atoms with Crippen LogP contribution in [0.4, 0.5) is 0 Å². The molecule has 1 aliphatic rings. The predicted octanol–water partition coefficient (Wildman–Crippen LogP) is 2.07. The van der Waals surface area contributed by atoms with Gasteiger partial charge in [-0.25, -0.2) is 5.43 Å². The molecule has 5 nitrogen and oxygen atoms in total. The van der Waals surface area contributed by atoms with Crippen molar-refractivity contribution >= 4 is 23.4 Å². The van der Waals surface area contributed by atoms with E-state index in [2.05, 4.69) is 10.5 Å². The predicted molar refractivity (Wildman–Crippen MR) is 80.6 cm³/mol. The van der Waals surface area contributed by atoms with Gasteiger partial charge in [0.15, 0.2) is 18.1 Å². The number of carbonyl (C=O) groups excluding carboxylic acids is 1. The van der Waals surface area contributed by atoms with Gasteiger partial charge in [0.25, 0.3) is 5.91 Å². The number of thioether (sulfide) groups is 1. The summed E-state index contributed by atoms with van der Waals surface area (Å²) >= 11 is 1.82. The smallest absolute Gasteiger partial charge is 0.277 e. The summed E-state index contributed by atoms with van der Waals surface area (Å²) in [6.45, 7) is 2.38. The van der Waals surface area contributed by atoms with Crippen LogP contribution in [0.1, 0.15) is 13.3 Å². The number of hydrogen-bond donors (Lipinski definition) is 1. The monoisotopic (exact) mass is 294 g/mol. The van der Waals surface area contributed by atoms with Crippen molar-refractivity contribution in [3.8, 4) is 11.5 Å². The Kier molecular flexibility index (Phi) is 5.73. The number of hydrogen-bond acceptors (Lipinski definition) is 5. The Morgan fingerprint density at radius 3 is 2.75 bits per heavy atom. The third-order valence-corrected chi connectivity index (χ3v) is 3.68. The van der Waals surface area contributed by atoms with Gasteiger partial charge in [-0.3, -0.25) is 4.79 Å². The molecular weight excluding hydrogens is 276 g/mol. The molecule has 0 unspecified atom stereocenters. The Morgan fingerprint density at radius 1 is 1.35 bits per heavy atom. The van der Waals surface area contributed by atoms with E-state index in [1.807, 2.05) is 36.9 Å². The summed E-state index contributed by atoms with van der Waals surface area (Å²) in [7, 11) is 0. The van der Waals surface area contributed by atoms with Gasteiger partial charge in [0.2, 0.25) is 0 Å². The van der Waals surface area contributed by atoms with Gasteiger partial charge in [-0.1, -0.05) is 12.1 Å². The van der Waals surface area contributed by atoms with E-state index in [0.717, 1.165) is 23.6 Å². The second-order valence-corrected chi connectivity index (χ2v) is 5.29. The van der Waals surface area contributed by atoms with Gasteiger partial charge in [0, 0.05) is 11.5 Å². The summed E-state index contributed by atoms with van der Waals surface area (Å²) in [6.07, 6.45) is 0.943. The molecule has 0 radical (unpaired) electrons.